The van der Waals surface area contributed by atoms with Crippen LogP contribution in [0.3, 0.4) is 0 Å². The van der Waals surface area contributed by atoms with E-state index in [0.29, 0.717) is 11.3 Å². The topological polar surface area (TPSA) is 61.1 Å². The number of nitriles is 1. The van der Waals surface area contributed by atoms with Gasteiger partial charge in [-0.05, 0) is 35.9 Å². The van der Waals surface area contributed by atoms with E-state index in [0.717, 1.165) is 10.5 Å². The molecule has 0 saturated carbocycles. The van der Waals surface area contributed by atoms with Crippen molar-refractivity contribution in [2.75, 3.05) is 0 Å². The summed E-state index contributed by atoms with van der Waals surface area (Å²) in [6, 6.07) is 16.4. The average molecular weight is 269 g/mol. The predicted molar refractivity (Wildman–Crippen MR) is 74.1 cm³/mol. The maximum Gasteiger partial charge on any atom is 0.335 e. The number of carbonyl (C=O) groups is 1. The monoisotopic (exact) mass is 269 g/mol. The lowest BCUT2D eigenvalue weighted by atomic mass is 10.1. The van der Waals surface area contributed by atoms with E-state index < -0.39 is 5.97 Å². The van der Waals surface area contributed by atoms with Gasteiger partial charge in [0.1, 0.15) is 0 Å². The molecule has 0 aromatic heterocycles. The van der Waals surface area contributed by atoms with Crippen LogP contribution in [-0.2, 0) is 5.75 Å². The third kappa shape index (κ3) is 3.36. The van der Waals surface area contributed by atoms with Gasteiger partial charge in [0.25, 0.3) is 0 Å². The molecule has 94 valence electrons. The van der Waals surface area contributed by atoms with E-state index in [9.17, 15) is 4.79 Å². The summed E-state index contributed by atoms with van der Waals surface area (Å²) in [5.74, 6) is -0.234. The second kappa shape index (κ2) is 6.07. The minimum atomic E-state index is -0.925. The number of hydrogen-bond donors (Lipinski definition) is 1. The zero-order chi connectivity index (χ0) is 13.7. The van der Waals surface area contributed by atoms with Crippen LogP contribution >= 0.6 is 11.8 Å². The highest BCUT2D eigenvalue weighted by Gasteiger charge is 2.04. The first-order valence-corrected chi connectivity index (χ1v) is 6.63. The summed E-state index contributed by atoms with van der Waals surface area (Å²) in [6.07, 6.45) is 0. The van der Waals surface area contributed by atoms with Gasteiger partial charge in [-0.25, -0.2) is 4.79 Å². The standard InChI is InChI=1S/C15H11NO2S/c16-9-12-3-1-2-4-13(12)10-19-14-7-5-11(6-8-14)15(17)18/h1-8H,10H2,(H,17,18). The maximum absolute atomic E-state index is 10.7. The second-order valence-corrected chi connectivity index (χ2v) is 4.94. The lowest BCUT2D eigenvalue weighted by Crippen LogP contribution is -1.94. The van der Waals surface area contributed by atoms with Crippen LogP contribution in [0.15, 0.2) is 53.4 Å². The highest BCUT2D eigenvalue weighted by Crippen LogP contribution is 2.24. The van der Waals surface area contributed by atoms with E-state index in [2.05, 4.69) is 6.07 Å². The van der Waals surface area contributed by atoms with Crippen molar-refractivity contribution in [3.63, 3.8) is 0 Å². The van der Waals surface area contributed by atoms with Gasteiger partial charge in [0, 0.05) is 10.6 Å². The Labute approximate surface area is 115 Å². The fraction of sp³-hybridized carbons (Fsp3) is 0.0667. The highest BCUT2D eigenvalue weighted by atomic mass is 32.2. The molecule has 0 amide bonds. The molecule has 0 atom stereocenters. The summed E-state index contributed by atoms with van der Waals surface area (Å²) < 4.78 is 0. The van der Waals surface area contributed by atoms with Crippen molar-refractivity contribution in [3.8, 4) is 6.07 Å². The molecule has 4 heteroatoms. The Hall–Kier alpha value is -2.25. The number of hydrogen-bond acceptors (Lipinski definition) is 3. The maximum atomic E-state index is 10.7. The van der Waals surface area contributed by atoms with Gasteiger partial charge in [-0.1, -0.05) is 18.2 Å². The van der Waals surface area contributed by atoms with Crippen LogP contribution in [0.4, 0.5) is 0 Å². The normalized spacial score (nSPS) is 9.84. The molecule has 19 heavy (non-hydrogen) atoms. The Kier molecular flexibility index (Phi) is 4.22. The summed E-state index contributed by atoms with van der Waals surface area (Å²) in [6.45, 7) is 0. The van der Waals surface area contributed by atoms with E-state index in [1.54, 1.807) is 42.1 Å². The van der Waals surface area contributed by atoms with Crippen molar-refractivity contribution in [2.45, 2.75) is 10.6 Å². The highest BCUT2D eigenvalue weighted by molar-refractivity contribution is 7.98. The zero-order valence-electron chi connectivity index (χ0n) is 10.0. The Balaban J connectivity index is 2.06. The van der Waals surface area contributed by atoms with Crippen molar-refractivity contribution >= 4 is 17.7 Å². The van der Waals surface area contributed by atoms with E-state index >= 15 is 0 Å². The molecule has 0 unspecified atom stereocenters. The molecule has 2 rings (SSSR count). The summed E-state index contributed by atoms with van der Waals surface area (Å²) in [7, 11) is 0. The minimum absolute atomic E-state index is 0.279. The van der Waals surface area contributed by atoms with Gasteiger partial charge in [0.05, 0.1) is 17.2 Å². The van der Waals surface area contributed by atoms with Crippen molar-refractivity contribution in [2.24, 2.45) is 0 Å². The molecule has 0 radical (unpaired) electrons. The summed E-state index contributed by atoms with van der Waals surface area (Å²) >= 11 is 1.58. The van der Waals surface area contributed by atoms with E-state index in [1.165, 1.54) is 0 Å². The molecule has 0 spiro atoms. The number of rotatable bonds is 4. The first kappa shape index (κ1) is 13.2. The summed E-state index contributed by atoms with van der Waals surface area (Å²) in [5.41, 5.74) is 1.94. The first-order valence-electron chi connectivity index (χ1n) is 5.65. The Morgan fingerprint density at radius 2 is 1.84 bits per heavy atom. The van der Waals surface area contributed by atoms with Gasteiger partial charge < -0.3 is 5.11 Å². The van der Waals surface area contributed by atoms with Crippen molar-refractivity contribution in [3.05, 3.63) is 65.2 Å². The second-order valence-electron chi connectivity index (χ2n) is 3.89. The SMILES string of the molecule is N#Cc1ccccc1CSc1ccc(C(=O)O)cc1. The predicted octanol–water partition coefficient (Wildman–Crippen LogP) is 3.55. The first-order chi connectivity index (χ1) is 9.20. The minimum Gasteiger partial charge on any atom is -0.478 e. The molecule has 2 aromatic carbocycles. The average Bonchev–Trinajstić information content (AvgIpc) is 2.45. The van der Waals surface area contributed by atoms with Crippen molar-refractivity contribution in [1.29, 1.82) is 5.26 Å². The van der Waals surface area contributed by atoms with Gasteiger partial charge in [0.15, 0.2) is 0 Å². The lowest BCUT2D eigenvalue weighted by Gasteiger charge is -2.04. The molecule has 0 aliphatic rings. The van der Waals surface area contributed by atoms with Crippen LogP contribution in [0.25, 0.3) is 0 Å². The quantitative estimate of drug-likeness (QED) is 0.862. The summed E-state index contributed by atoms with van der Waals surface area (Å²) in [5, 5.41) is 17.8. The van der Waals surface area contributed by atoms with E-state index in [1.807, 2.05) is 18.2 Å². The van der Waals surface area contributed by atoms with Crippen molar-refractivity contribution in [1.82, 2.24) is 0 Å². The van der Waals surface area contributed by atoms with E-state index in [-0.39, 0.29) is 5.56 Å². The van der Waals surface area contributed by atoms with Crippen LogP contribution in [0.2, 0.25) is 0 Å². The van der Waals surface area contributed by atoms with Crippen LogP contribution in [0.5, 0.6) is 0 Å². The fourth-order valence-electron chi connectivity index (χ4n) is 1.61. The number of benzene rings is 2. The Bertz CT molecular complexity index is 629. The molecule has 0 bridgehead atoms. The number of aromatic carboxylic acids is 1. The largest absolute Gasteiger partial charge is 0.478 e. The molecule has 3 nitrogen and oxygen atoms in total. The van der Waals surface area contributed by atoms with Crippen LogP contribution in [0.1, 0.15) is 21.5 Å². The number of nitrogens with zero attached hydrogens (tertiary/aromatic N) is 1. The van der Waals surface area contributed by atoms with Gasteiger partial charge >= 0.3 is 5.97 Å². The van der Waals surface area contributed by atoms with Crippen LogP contribution < -0.4 is 0 Å². The number of carboxylic acids is 1. The van der Waals surface area contributed by atoms with Crippen LogP contribution in [-0.4, -0.2) is 11.1 Å². The number of carboxylic acid groups (broad SMARTS) is 1. The smallest absolute Gasteiger partial charge is 0.335 e. The molecule has 1 N–H and O–H groups in total. The third-order valence-electron chi connectivity index (χ3n) is 2.63. The molecular weight excluding hydrogens is 258 g/mol. The lowest BCUT2D eigenvalue weighted by molar-refractivity contribution is 0.0697. The molecule has 0 saturated heterocycles. The fourth-order valence-corrected chi connectivity index (χ4v) is 2.51. The molecule has 0 fully saturated rings. The van der Waals surface area contributed by atoms with Gasteiger partial charge in [0.2, 0.25) is 0 Å². The Morgan fingerprint density at radius 1 is 1.16 bits per heavy atom. The Morgan fingerprint density at radius 3 is 2.47 bits per heavy atom. The van der Waals surface area contributed by atoms with Gasteiger partial charge in [-0.2, -0.15) is 5.26 Å². The third-order valence-corrected chi connectivity index (χ3v) is 3.69. The van der Waals surface area contributed by atoms with Gasteiger partial charge in [-0.15, -0.1) is 11.8 Å². The summed E-state index contributed by atoms with van der Waals surface area (Å²) in [4.78, 5) is 11.7. The molecular formula is C15H11NO2S. The molecule has 0 aliphatic carbocycles. The van der Waals surface area contributed by atoms with Gasteiger partial charge in [-0.3, -0.25) is 0 Å². The molecule has 0 heterocycles. The zero-order valence-corrected chi connectivity index (χ0v) is 10.9. The van der Waals surface area contributed by atoms with Crippen LogP contribution in [0, 0.1) is 11.3 Å². The molecule has 2 aromatic rings. The molecule has 0 aliphatic heterocycles. The van der Waals surface area contributed by atoms with E-state index in [4.69, 9.17) is 10.4 Å². The van der Waals surface area contributed by atoms with Crippen molar-refractivity contribution < 1.29 is 9.90 Å². The number of thioether (sulfide) groups is 1.